The number of aliphatic hydroxyl groups is 1. The van der Waals surface area contributed by atoms with Crippen molar-refractivity contribution in [2.45, 2.75) is 95.7 Å². The molecule has 2 fully saturated rings. The van der Waals surface area contributed by atoms with E-state index in [1.807, 2.05) is 0 Å². The van der Waals surface area contributed by atoms with Crippen LogP contribution in [0.15, 0.2) is 23.1 Å². The van der Waals surface area contributed by atoms with Gasteiger partial charge in [-0.2, -0.15) is 0 Å². The van der Waals surface area contributed by atoms with Crippen molar-refractivity contribution >= 4 is 29.8 Å². The SMILES string of the molecule is CC(C)(C)OC(=O)N[C@]1(C(=O)OC(C)(C)C)[C@@H]2[C@@H](C(=O)OC(C)(C)C)[C@@H]2[C@H](O)[C@H]1CSc1ccc(F)c(F)c1. The zero-order valence-electron chi connectivity index (χ0n) is 23.9. The molecule has 11 heteroatoms. The zero-order valence-corrected chi connectivity index (χ0v) is 24.7. The summed E-state index contributed by atoms with van der Waals surface area (Å²) in [5, 5.41) is 14.2. The van der Waals surface area contributed by atoms with Crippen LogP contribution in [0.3, 0.4) is 0 Å². The van der Waals surface area contributed by atoms with Gasteiger partial charge < -0.3 is 24.6 Å². The minimum atomic E-state index is -1.85. The van der Waals surface area contributed by atoms with E-state index in [1.165, 1.54) is 6.07 Å². The molecule has 6 atom stereocenters. The lowest BCUT2D eigenvalue weighted by Gasteiger charge is -2.40. The molecule has 0 radical (unpaired) electrons. The van der Waals surface area contributed by atoms with E-state index in [0.717, 1.165) is 23.9 Å². The van der Waals surface area contributed by atoms with Crippen LogP contribution < -0.4 is 5.32 Å². The summed E-state index contributed by atoms with van der Waals surface area (Å²) in [6.07, 6.45) is -2.13. The number of amides is 1. The second-order valence-electron chi connectivity index (χ2n) is 13.1. The molecular weight excluding hydrogens is 532 g/mol. The van der Waals surface area contributed by atoms with Gasteiger partial charge in [0.05, 0.1) is 12.0 Å². The highest BCUT2D eigenvalue weighted by atomic mass is 32.2. The van der Waals surface area contributed by atoms with Crippen molar-refractivity contribution in [2.75, 3.05) is 5.75 Å². The molecule has 0 aliphatic heterocycles. The normalized spacial score (nSPS) is 28.4. The average molecular weight is 572 g/mol. The predicted molar refractivity (Wildman–Crippen MR) is 141 cm³/mol. The maximum Gasteiger partial charge on any atom is 0.408 e. The van der Waals surface area contributed by atoms with Crippen molar-refractivity contribution in [1.29, 1.82) is 0 Å². The summed E-state index contributed by atoms with van der Waals surface area (Å²) in [6.45, 7) is 15.1. The van der Waals surface area contributed by atoms with Gasteiger partial charge in [-0.05, 0) is 80.5 Å². The Kier molecular flexibility index (Phi) is 8.41. The van der Waals surface area contributed by atoms with Gasteiger partial charge in [-0.3, -0.25) is 4.79 Å². The molecule has 1 amide bonds. The molecule has 0 unspecified atom stereocenters. The Morgan fingerprint density at radius 3 is 2.00 bits per heavy atom. The first-order chi connectivity index (χ1) is 17.7. The lowest BCUT2D eigenvalue weighted by atomic mass is 9.80. The fourth-order valence-electron chi connectivity index (χ4n) is 5.14. The summed E-state index contributed by atoms with van der Waals surface area (Å²) < 4.78 is 44.1. The third-order valence-electron chi connectivity index (χ3n) is 6.44. The number of benzene rings is 1. The molecule has 2 aliphatic rings. The van der Waals surface area contributed by atoms with Crippen molar-refractivity contribution < 1.29 is 42.5 Å². The number of alkyl carbamates (subject to hydrolysis) is 1. The second-order valence-corrected chi connectivity index (χ2v) is 14.2. The molecule has 2 aliphatic carbocycles. The van der Waals surface area contributed by atoms with Gasteiger partial charge in [0.15, 0.2) is 17.2 Å². The molecule has 39 heavy (non-hydrogen) atoms. The third-order valence-corrected chi connectivity index (χ3v) is 7.55. The number of hydrogen-bond donors (Lipinski definition) is 2. The fraction of sp³-hybridized carbons (Fsp3) is 0.679. The van der Waals surface area contributed by atoms with Crippen LogP contribution in [0, 0.1) is 35.3 Å². The van der Waals surface area contributed by atoms with Crippen molar-refractivity contribution in [3.63, 3.8) is 0 Å². The van der Waals surface area contributed by atoms with E-state index in [0.29, 0.717) is 4.90 Å². The summed E-state index contributed by atoms with van der Waals surface area (Å²) in [6, 6.07) is 3.38. The molecule has 1 aromatic carbocycles. The Hall–Kier alpha value is -2.40. The molecule has 2 N–H and O–H groups in total. The van der Waals surface area contributed by atoms with Gasteiger partial charge in [-0.1, -0.05) is 0 Å². The van der Waals surface area contributed by atoms with Crippen LogP contribution in [0.25, 0.3) is 0 Å². The van der Waals surface area contributed by atoms with Gasteiger partial charge in [0.25, 0.3) is 0 Å². The molecule has 2 saturated carbocycles. The monoisotopic (exact) mass is 571 g/mol. The molecule has 0 bridgehead atoms. The first-order valence-corrected chi connectivity index (χ1v) is 13.9. The molecule has 0 heterocycles. The summed E-state index contributed by atoms with van der Waals surface area (Å²) in [5.74, 6) is -6.79. The van der Waals surface area contributed by atoms with Crippen LogP contribution >= 0.6 is 11.8 Å². The van der Waals surface area contributed by atoms with Crippen molar-refractivity contribution in [1.82, 2.24) is 5.32 Å². The number of fused-ring (bicyclic) bond motifs is 1. The smallest absolute Gasteiger partial charge is 0.408 e. The molecule has 0 saturated heterocycles. The lowest BCUT2D eigenvalue weighted by Crippen LogP contribution is -2.64. The summed E-state index contributed by atoms with van der Waals surface area (Å²) in [5.41, 5.74) is -4.53. The van der Waals surface area contributed by atoms with Crippen molar-refractivity contribution in [3.05, 3.63) is 29.8 Å². The maximum absolute atomic E-state index is 14.0. The average Bonchev–Trinajstić information content (AvgIpc) is 3.42. The highest BCUT2D eigenvalue weighted by molar-refractivity contribution is 7.99. The minimum Gasteiger partial charge on any atom is -0.460 e. The molecule has 8 nitrogen and oxygen atoms in total. The summed E-state index contributed by atoms with van der Waals surface area (Å²) >= 11 is 1.08. The van der Waals surface area contributed by atoms with Crippen LogP contribution in [0.4, 0.5) is 13.6 Å². The number of thioether (sulfide) groups is 1. The maximum atomic E-state index is 14.0. The number of halogens is 2. The van der Waals surface area contributed by atoms with Crippen LogP contribution in [-0.2, 0) is 23.8 Å². The van der Waals surface area contributed by atoms with E-state index in [1.54, 1.807) is 62.3 Å². The molecule has 0 aromatic heterocycles. The second kappa shape index (κ2) is 10.5. The predicted octanol–water partition coefficient (Wildman–Crippen LogP) is 4.86. The molecule has 218 valence electrons. The van der Waals surface area contributed by atoms with Crippen molar-refractivity contribution in [3.8, 4) is 0 Å². The van der Waals surface area contributed by atoms with Crippen molar-refractivity contribution in [2.24, 2.45) is 23.7 Å². The van der Waals surface area contributed by atoms with Crippen LogP contribution in [0.5, 0.6) is 0 Å². The van der Waals surface area contributed by atoms with E-state index < -0.39 is 81.8 Å². The number of rotatable bonds is 6. The minimum absolute atomic E-state index is 0.0231. The number of nitrogens with one attached hydrogen (secondary N) is 1. The highest BCUT2D eigenvalue weighted by Crippen LogP contribution is 2.66. The molecular formula is C28H39F2NO7S. The largest absolute Gasteiger partial charge is 0.460 e. The molecule has 3 rings (SSSR count). The molecule has 0 spiro atoms. The van der Waals surface area contributed by atoms with E-state index >= 15 is 0 Å². The Morgan fingerprint density at radius 2 is 1.49 bits per heavy atom. The number of ether oxygens (including phenoxy) is 3. The van der Waals surface area contributed by atoms with E-state index in [4.69, 9.17) is 14.2 Å². The number of hydrogen-bond acceptors (Lipinski definition) is 8. The quantitative estimate of drug-likeness (QED) is 0.283. The van der Waals surface area contributed by atoms with E-state index in [-0.39, 0.29) is 5.75 Å². The van der Waals surface area contributed by atoms with Crippen LogP contribution in [-0.4, -0.2) is 57.3 Å². The first kappa shape index (κ1) is 31.1. The van der Waals surface area contributed by atoms with Gasteiger partial charge in [0.1, 0.15) is 16.8 Å². The number of carbonyl (C=O) groups excluding carboxylic acids is 3. The van der Waals surface area contributed by atoms with Gasteiger partial charge >= 0.3 is 18.0 Å². The number of carbonyl (C=O) groups is 3. The molecule has 1 aromatic rings. The standard InChI is InChI=1S/C28H39F2NO7S/c1-25(2,3)36-22(33)19-18-20(19)28(23(34)37-26(4,5)6,31-24(35)38-27(7,8)9)15(21(18)32)13-39-14-10-11-16(29)17(30)12-14/h10-12,15,18-21,32H,13H2,1-9H3,(H,31,35)/t15-,18+,19+,20+,21-,28+/m1/s1. The Labute approximate surface area is 232 Å². The van der Waals surface area contributed by atoms with E-state index in [9.17, 15) is 28.3 Å². The van der Waals surface area contributed by atoms with E-state index in [2.05, 4.69) is 5.32 Å². The van der Waals surface area contributed by atoms with Gasteiger partial charge in [0.2, 0.25) is 0 Å². The lowest BCUT2D eigenvalue weighted by molar-refractivity contribution is -0.169. The Balaban J connectivity index is 2.05. The van der Waals surface area contributed by atoms with Crippen LogP contribution in [0.1, 0.15) is 62.3 Å². The fourth-order valence-corrected chi connectivity index (χ4v) is 6.32. The number of esters is 2. The summed E-state index contributed by atoms with van der Waals surface area (Å²) in [4.78, 5) is 40.6. The van der Waals surface area contributed by atoms with Gasteiger partial charge in [-0.15, -0.1) is 11.8 Å². The Morgan fingerprint density at radius 1 is 0.923 bits per heavy atom. The van der Waals surface area contributed by atoms with Gasteiger partial charge in [0, 0.05) is 28.4 Å². The number of aliphatic hydroxyl groups excluding tert-OH is 1. The third kappa shape index (κ3) is 7.03. The van der Waals surface area contributed by atoms with Gasteiger partial charge in [-0.25, -0.2) is 18.4 Å². The topological polar surface area (TPSA) is 111 Å². The highest BCUT2D eigenvalue weighted by Gasteiger charge is 2.80. The zero-order chi connectivity index (χ0) is 29.7. The first-order valence-electron chi connectivity index (χ1n) is 12.9. The Bertz CT molecular complexity index is 1120. The summed E-state index contributed by atoms with van der Waals surface area (Å²) in [7, 11) is 0. The van der Waals surface area contributed by atoms with Crippen LogP contribution in [0.2, 0.25) is 0 Å².